The van der Waals surface area contributed by atoms with E-state index in [1.165, 1.54) is 22.2 Å². The number of amides is 1. The van der Waals surface area contributed by atoms with Gasteiger partial charge in [-0.25, -0.2) is 4.98 Å². The Morgan fingerprint density at radius 1 is 1.11 bits per heavy atom. The fraction of sp³-hybridized carbons (Fsp3) is 0.296. The summed E-state index contributed by atoms with van der Waals surface area (Å²) in [6.07, 6.45) is 1.47. The fourth-order valence-electron chi connectivity index (χ4n) is 4.38. The second-order valence-corrected chi connectivity index (χ2v) is 9.68. The maximum absolute atomic E-state index is 13.4. The normalized spacial score (nSPS) is 15.2. The summed E-state index contributed by atoms with van der Waals surface area (Å²) in [5.74, 6) is -0.220. The second-order valence-electron chi connectivity index (χ2n) is 8.82. The quantitative estimate of drug-likeness (QED) is 0.430. The molecule has 0 radical (unpaired) electrons. The van der Waals surface area contributed by atoms with Gasteiger partial charge in [-0.05, 0) is 18.1 Å². The van der Waals surface area contributed by atoms with E-state index in [2.05, 4.69) is 15.2 Å². The molecule has 0 bridgehead atoms. The van der Waals surface area contributed by atoms with E-state index in [1.807, 2.05) is 66.9 Å². The van der Waals surface area contributed by atoms with E-state index in [0.29, 0.717) is 30.0 Å². The van der Waals surface area contributed by atoms with Crippen LogP contribution in [0.25, 0.3) is 21.3 Å². The van der Waals surface area contributed by atoms with Crippen LogP contribution in [0.5, 0.6) is 0 Å². The molecule has 1 saturated heterocycles. The zero-order valence-corrected chi connectivity index (χ0v) is 20.5. The lowest BCUT2D eigenvalue weighted by molar-refractivity contribution is -0.122. The molecular formula is C27H28N4O3S. The highest BCUT2D eigenvalue weighted by Crippen LogP contribution is 2.30. The standard InChI is InChI=1S/C27H28N4O3S/c1-19-7-9-20(10-8-19)22-17-35-26-25(22)27(33)31(18-28-26)16-24(32)29-23(21-5-3-2-4-6-21)15-30-11-13-34-14-12-30/h2-10,17-18,23H,11-16H2,1H3,(H,29,32)/t23-/m0/s1. The van der Waals surface area contributed by atoms with Gasteiger partial charge in [-0.3, -0.25) is 19.1 Å². The van der Waals surface area contributed by atoms with Gasteiger partial charge in [-0.1, -0.05) is 60.2 Å². The minimum atomic E-state index is -0.220. The SMILES string of the molecule is Cc1ccc(-c2csc3ncn(CC(=O)N[C@@H](CN4CCOCC4)c4ccccc4)c(=O)c23)cc1. The number of hydrogen-bond donors (Lipinski definition) is 1. The zero-order valence-electron chi connectivity index (χ0n) is 19.6. The van der Waals surface area contributed by atoms with Crippen molar-refractivity contribution in [3.05, 3.63) is 87.8 Å². The number of benzene rings is 2. The van der Waals surface area contributed by atoms with Crippen molar-refractivity contribution in [2.45, 2.75) is 19.5 Å². The van der Waals surface area contributed by atoms with Crippen LogP contribution >= 0.6 is 11.3 Å². The van der Waals surface area contributed by atoms with Crippen molar-refractivity contribution in [2.24, 2.45) is 0 Å². The molecular weight excluding hydrogens is 460 g/mol. The highest BCUT2D eigenvalue weighted by Gasteiger charge is 2.21. The van der Waals surface area contributed by atoms with E-state index in [9.17, 15) is 9.59 Å². The predicted molar refractivity (Wildman–Crippen MR) is 139 cm³/mol. The van der Waals surface area contributed by atoms with Gasteiger partial charge in [0.15, 0.2) is 0 Å². The molecule has 0 unspecified atom stereocenters. The molecule has 3 heterocycles. The van der Waals surface area contributed by atoms with Gasteiger partial charge < -0.3 is 10.1 Å². The lowest BCUT2D eigenvalue weighted by Gasteiger charge is -2.31. The maximum Gasteiger partial charge on any atom is 0.263 e. The number of morpholine rings is 1. The number of aryl methyl sites for hydroxylation is 1. The Morgan fingerprint density at radius 3 is 2.60 bits per heavy atom. The molecule has 1 fully saturated rings. The van der Waals surface area contributed by atoms with E-state index in [4.69, 9.17) is 4.74 Å². The van der Waals surface area contributed by atoms with Crippen LogP contribution in [-0.4, -0.2) is 53.2 Å². The number of hydrogen-bond acceptors (Lipinski definition) is 6. The number of fused-ring (bicyclic) bond motifs is 1. The van der Waals surface area contributed by atoms with Crippen LogP contribution in [0.4, 0.5) is 0 Å². The number of aromatic nitrogens is 2. The van der Waals surface area contributed by atoms with Gasteiger partial charge in [0.25, 0.3) is 5.56 Å². The third-order valence-corrected chi connectivity index (χ3v) is 7.21. The molecule has 1 aliphatic rings. The molecule has 4 aromatic rings. The Hall–Kier alpha value is -3.33. The van der Waals surface area contributed by atoms with Crippen molar-refractivity contribution in [1.82, 2.24) is 19.8 Å². The van der Waals surface area contributed by atoms with Crippen molar-refractivity contribution in [2.75, 3.05) is 32.8 Å². The fourth-order valence-corrected chi connectivity index (χ4v) is 5.29. The molecule has 0 saturated carbocycles. The number of thiophene rings is 1. The van der Waals surface area contributed by atoms with Crippen LogP contribution in [0.3, 0.4) is 0 Å². The summed E-state index contributed by atoms with van der Waals surface area (Å²) >= 11 is 1.44. The largest absolute Gasteiger partial charge is 0.379 e. The van der Waals surface area contributed by atoms with E-state index in [-0.39, 0.29) is 24.1 Å². The molecule has 8 heteroatoms. The van der Waals surface area contributed by atoms with E-state index in [1.54, 1.807) is 0 Å². The first-order valence-electron chi connectivity index (χ1n) is 11.8. The van der Waals surface area contributed by atoms with Crippen molar-refractivity contribution in [1.29, 1.82) is 0 Å². The molecule has 1 amide bonds. The summed E-state index contributed by atoms with van der Waals surface area (Å²) in [7, 11) is 0. The second kappa shape index (κ2) is 10.5. The van der Waals surface area contributed by atoms with Gasteiger partial charge in [0, 0.05) is 30.6 Å². The van der Waals surface area contributed by atoms with Gasteiger partial charge >= 0.3 is 0 Å². The average molecular weight is 489 g/mol. The molecule has 2 aromatic carbocycles. The number of nitrogens with zero attached hydrogens (tertiary/aromatic N) is 3. The predicted octanol–water partition coefficient (Wildman–Crippen LogP) is 3.62. The molecule has 1 N–H and O–H groups in total. The van der Waals surface area contributed by atoms with Crippen molar-refractivity contribution in [3.8, 4) is 11.1 Å². The summed E-state index contributed by atoms with van der Waals surface area (Å²) in [6, 6.07) is 17.8. The summed E-state index contributed by atoms with van der Waals surface area (Å²) in [4.78, 5) is 33.9. The van der Waals surface area contributed by atoms with Gasteiger partial charge in [-0.15, -0.1) is 11.3 Å². The van der Waals surface area contributed by atoms with Crippen LogP contribution in [0.2, 0.25) is 0 Å². The number of carbonyl (C=O) groups excluding carboxylic acids is 1. The molecule has 1 aliphatic heterocycles. The molecule has 0 aliphatic carbocycles. The van der Waals surface area contributed by atoms with Crippen LogP contribution in [0.1, 0.15) is 17.2 Å². The highest BCUT2D eigenvalue weighted by atomic mass is 32.1. The Bertz CT molecular complexity index is 1360. The molecule has 5 rings (SSSR count). The molecule has 0 spiro atoms. The molecule has 1 atom stereocenters. The molecule has 180 valence electrons. The first kappa shape index (κ1) is 23.4. The first-order chi connectivity index (χ1) is 17.1. The monoisotopic (exact) mass is 488 g/mol. The third-order valence-electron chi connectivity index (χ3n) is 6.32. The van der Waals surface area contributed by atoms with Gasteiger partial charge in [0.1, 0.15) is 11.4 Å². The van der Waals surface area contributed by atoms with Crippen LogP contribution in [0, 0.1) is 6.92 Å². The van der Waals surface area contributed by atoms with Crippen LogP contribution in [0.15, 0.2) is 71.1 Å². The number of carbonyl (C=O) groups is 1. The minimum absolute atomic E-state index is 0.0859. The first-order valence-corrected chi connectivity index (χ1v) is 12.6. The topological polar surface area (TPSA) is 76.5 Å². The van der Waals surface area contributed by atoms with Gasteiger partial charge in [0.05, 0.1) is 31.0 Å². The number of rotatable bonds is 7. The van der Waals surface area contributed by atoms with Gasteiger partial charge in [-0.2, -0.15) is 0 Å². The van der Waals surface area contributed by atoms with Crippen LogP contribution in [-0.2, 0) is 16.1 Å². The highest BCUT2D eigenvalue weighted by molar-refractivity contribution is 7.17. The molecule has 7 nitrogen and oxygen atoms in total. The van der Waals surface area contributed by atoms with Crippen LogP contribution < -0.4 is 10.9 Å². The van der Waals surface area contributed by atoms with E-state index >= 15 is 0 Å². The molecule has 2 aromatic heterocycles. The van der Waals surface area contributed by atoms with E-state index in [0.717, 1.165) is 35.3 Å². The van der Waals surface area contributed by atoms with Crippen molar-refractivity contribution >= 4 is 27.5 Å². The smallest absolute Gasteiger partial charge is 0.263 e. The summed E-state index contributed by atoms with van der Waals surface area (Å²) in [5, 5.41) is 5.66. The summed E-state index contributed by atoms with van der Waals surface area (Å²) in [5.41, 5.74) is 3.81. The Labute approximate surface area is 208 Å². The lowest BCUT2D eigenvalue weighted by atomic mass is 10.1. The number of ether oxygens (including phenoxy) is 1. The Morgan fingerprint density at radius 2 is 1.86 bits per heavy atom. The Kier molecular flexibility index (Phi) is 7.03. The third kappa shape index (κ3) is 5.35. The lowest BCUT2D eigenvalue weighted by Crippen LogP contribution is -2.44. The van der Waals surface area contributed by atoms with Crippen molar-refractivity contribution < 1.29 is 9.53 Å². The minimum Gasteiger partial charge on any atom is -0.379 e. The Balaban J connectivity index is 1.38. The summed E-state index contributed by atoms with van der Waals surface area (Å²) < 4.78 is 6.86. The maximum atomic E-state index is 13.4. The van der Waals surface area contributed by atoms with Gasteiger partial charge in [0.2, 0.25) is 5.91 Å². The average Bonchev–Trinajstić information content (AvgIpc) is 3.32. The van der Waals surface area contributed by atoms with E-state index < -0.39 is 0 Å². The molecule has 35 heavy (non-hydrogen) atoms. The number of nitrogens with one attached hydrogen (secondary N) is 1. The zero-order chi connectivity index (χ0) is 24.2. The summed E-state index contributed by atoms with van der Waals surface area (Å²) in [6.45, 7) is 5.69. The van der Waals surface area contributed by atoms with Crippen molar-refractivity contribution in [3.63, 3.8) is 0 Å².